The van der Waals surface area contributed by atoms with E-state index in [0.717, 1.165) is 175 Å². The summed E-state index contributed by atoms with van der Waals surface area (Å²) in [6.45, 7) is 15.4. The largest absolute Gasteiger partial charge is 0.494 e. The molecule has 0 spiro atoms. The number of ether oxygens (including phenoxy) is 4. The van der Waals surface area contributed by atoms with Gasteiger partial charge in [0.2, 0.25) is 17.7 Å². The standard InChI is InChI=1S/C29H33N3O4S.C22H29N3O3S.C17H19ClN2O2S/c1-21(33)32-17-14-25-27(19-32)37-28(30-25)23-10-12-24(13-11-23)35-18-6-16-31-15-5-9-26(31)29(34)36-20-22-7-3-2-4-8-22;1-16(27)25-12-9-20-21(14-25)29-22(23-20)17-5-7-19(8-6-17)28-13-3-11-24-10-2-4-18(24)15-26;1-12(21)20-9-7-15-16(11-20)23-17(19-15)13-3-5-14(6-4-13)22-10-2-8-18/h2-4,7-8,10-13,26H,5-6,9,14-20H2,1H3;5-8,18,26H,2-4,9-15H2,1H3;3-6H,2,7-11H2,1H3/t26-;18-;/m00./s1. The van der Waals surface area contributed by atoms with Gasteiger partial charge in [-0.25, -0.2) is 15.0 Å². The summed E-state index contributed by atoms with van der Waals surface area (Å²) in [5, 5.41) is 12.4. The van der Waals surface area contributed by atoms with E-state index >= 15 is 0 Å². The molecule has 5 aliphatic rings. The van der Waals surface area contributed by atoms with Crippen LogP contribution >= 0.6 is 45.6 Å². The average molecular weight is 1290 g/mol. The minimum atomic E-state index is -0.158. The quantitative estimate of drug-likeness (QED) is 0.0408. The highest BCUT2D eigenvalue weighted by Crippen LogP contribution is 2.36. The van der Waals surface area contributed by atoms with E-state index < -0.39 is 0 Å². The van der Waals surface area contributed by atoms with Gasteiger partial charge in [-0.3, -0.25) is 29.0 Å². The second-order valence-electron chi connectivity index (χ2n) is 22.9. The van der Waals surface area contributed by atoms with Gasteiger partial charge >= 0.3 is 5.97 Å². The molecule has 2 atom stereocenters. The van der Waals surface area contributed by atoms with Gasteiger partial charge in [0, 0.05) is 116 Å². The third-order valence-electron chi connectivity index (χ3n) is 16.7. The van der Waals surface area contributed by atoms with E-state index in [9.17, 15) is 24.3 Å². The Hall–Kier alpha value is -6.78. The number of amides is 3. The number of aromatic nitrogens is 3. The van der Waals surface area contributed by atoms with Crippen molar-refractivity contribution in [2.75, 3.05) is 78.1 Å². The lowest BCUT2D eigenvalue weighted by atomic mass is 10.2. The molecule has 12 rings (SSSR count). The van der Waals surface area contributed by atoms with Crippen LogP contribution in [0.25, 0.3) is 31.7 Å². The maximum atomic E-state index is 12.6. The van der Waals surface area contributed by atoms with Crippen molar-refractivity contribution in [1.29, 1.82) is 0 Å². The molecule has 4 aromatic carbocycles. The van der Waals surface area contributed by atoms with Crippen LogP contribution in [0.2, 0.25) is 0 Å². The van der Waals surface area contributed by atoms with Crippen LogP contribution in [0.3, 0.4) is 0 Å². The minimum absolute atomic E-state index is 0.116. The Morgan fingerprint density at radius 3 is 1.35 bits per heavy atom. The fourth-order valence-corrected chi connectivity index (χ4v) is 15.1. The molecule has 2 fully saturated rings. The molecule has 0 radical (unpaired) electrons. The van der Waals surface area contributed by atoms with Crippen molar-refractivity contribution in [3.63, 3.8) is 0 Å². The third-order valence-corrected chi connectivity index (χ3v) is 20.3. The number of hydrogen-bond acceptors (Lipinski definition) is 17. The van der Waals surface area contributed by atoms with Crippen LogP contribution in [0, 0.1) is 0 Å². The highest BCUT2D eigenvalue weighted by atomic mass is 35.5. The number of benzene rings is 4. The Balaban J connectivity index is 0.000000152. The number of halogens is 1. The van der Waals surface area contributed by atoms with E-state index in [0.29, 0.717) is 58.0 Å². The van der Waals surface area contributed by atoms with Crippen molar-refractivity contribution >= 4 is 69.3 Å². The number of aliphatic hydroxyl groups is 1. The van der Waals surface area contributed by atoms with Crippen LogP contribution in [0.1, 0.15) is 103 Å². The number of carbonyl (C=O) groups is 4. The maximum absolute atomic E-state index is 12.6. The van der Waals surface area contributed by atoms with Gasteiger partial charge in [0.15, 0.2) is 0 Å². The molecule has 3 amide bonds. The summed E-state index contributed by atoms with van der Waals surface area (Å²) in [6, 6.07) is 34.1. The number of thiazole rings is 3. The van der Waals surface area contributed by atoms with Gasteiger partial charge in [-0.1, -0.05) is 30.3 Å². The summed E-state index contributed by atoms with van der Waals surface area (Å²) < 4.78 is 23.1. The van der Waals surface area contributed by atoms with E-state index in [2.05, 4.69) is 21.9 Å². The monoisotopic (exact) mass is 1280 g/mol. The van der Waals surface area contributed by atoms with E-state index in [1.54, 1.807) is 54.8 Å². The van der Waals surface area contributed by atoms with E-state index in [1.165, 1.54) is 21.1 Å². The fourth-order valence-electron chi connectivity index (χ4n) is 11.6. The molecular formula is C68H81ClN8O9S3. The number of aliphatic hydroxyl groups excluding tert-OH is 1. The number of esters is 1. The Morgan fingerprint density at radius 1 is 0.528 bits per heavy atom. The average Bonchev–Trinajstić information content (AvgIpc) is 2.81. The summed E-state index contributed by atoms with van der Waals surface area (Å²) in [5.41, 5.74) is 7.62. The SMILES string of the molecule is CC(=O)N1CCc2nc(-c3ccc(OCCCCl)cc3)sc2C1.CC(=O)N1CCc2nc(-c3ccc(OCCCN4CCC[C@H]4C(=O)OCc4ccccc4)cc3)sc2C1.CC(=O)N1CCc2nc(-c3ccc(OCCCN4CCC[C@H]4CO)cc3)sc2C1. The van der Waals surface area contributed by atoms with Crippen molar-refractivity contribution in [2.45, 2.75) is 123 Å². The molecule has 17 nitrogen and oxygen atoms in total. The lowest BCUT2D eigenvalue weighted by molar-refractivity contribution is -0.150. The van der Waals surface area contributed by atoms with Crippen LogP contribution in [0.4, 0.5) is 0 Å². The first-order valence-electron chi connectivity index (χ1n) is 31.2. The first-order valence-corrected chi connectivity index (χ1v) is 34.1. The molecule has 8 heterocycles. The van der Waals surface area contributed by atoms with Gasteiger partial charge < -0.3 is 38.8 Å². The maximum Gasteiger partial charge on any atom is 0.323 e. The zero-order chi connectivity index (χ0) is 62.1. The number of alkyl halides is 1. The Kier molecular flexibility index (Phi) is 23.7. The van der Waals surface area contributed by atoms with Crippen molar-refractivity contribution < 1.29 is 43.2 Å². The van der Waals surface area contributed by atoms with E-state index in [-0.39, 0.29) is 36.3 Å². The normalized spacial score (nSPS) is 17.1. The first kappa shape index (κ1) is 65.2. The van der Waals surface area contributed by atoms with Crippen LogP contribution in [0.15, 0.2) is 103 Å². The second kappa shape index (κ2) is 32.3. The number of likely N-dealkylation sites (tertiary alicyclic amines) is 2. The van der Waals surface area contributed by atoms with Gasteiger partial charge in [0.1, 0.15) is 44.9 Å². The topological polar surface area (TPSA) is 180 Å². The molecule has 1 N–H and O–H groups in total. The molecule has 7 aromatic rings. The van der Waals surface area contributed by atoms with E-state index in [1.807, 2.05) is 106 Å². The molecule has 0 saturated carbocycles. The molecule has 0 aliphatic carbocycles. The zero-order valence-electron chi connectivity index (χ0n) is 51.2. The zero-order valence-corrected chi connectivity index (χ0v) is 54.5. The number of fused-ring (bicyclic) bond motifs is 3. The molecule has 3 aromatic heterocycles. The fraction of sp³-hybridized carbons (Fsp3) is 0.456. The third kappa shape index (κ3) is 18.0. The summed E-state index contributed by atoms with van der Waals surface area (Å²) in [5.74, 6) is 3.41. The van der Waals surface area contributed by atoms with Crippen LogP contribution in [-0.2, 0) is 69.4 Å². The molecule has 89 heavy (non-hydrogen) atoms. The lowest BCUT2D eigenvalue weighted by Crippen LogP contribution is -2.38. The second-order valence-corrected chi connectivity index (χ2v) is 26.5. The first-order chi connectivity index (χ1) is 43.4. The highest BCUT2D eigenvalue weighted by Gasteiger charge is 2.32. The summed E-state index contributed by atoms with van der Waals surface area (Å²) in [7, 11) is 0. The van der Waals surface area contributed by atoms with Crippen molar-refractivity contribution in [3.05, 3.63) is 140 Å². The molecule has 2 saturated heterocycles. The van der Waals surface area contributed by atoms with Gasteiger partial charge in [-0.05, 0) is 136 Å². The predicted molar refractivity (Wildman–Crippen MR) is 351 cm³/mol. The predicted octanol–water partition coefficient (Wildman–Crippen LogP) is 11.4. The van der Waals surface area contributed by atoms with Gasteiger partial charge in [0.25, 0.3) is 0 Å². The summed E-state index contributed by atoms with van der Waals surface area (Å²) in [6.07, 6.45) is 9.28. The Morgan fingerprint density at radius 2 is 0.933 bits per heavy atom. The van der Waals surface area contributed by atoms with Crippen molar-refractivity contribution in [2.24, 2.45) is 0 Å². The van der Waals surface area contributed by atoms with Gasteiger partial charge in [0.05, 0.1) is 63.1 Å². The number of nitrogens with zero attached hydrogens (tertiary/aromatic N) is 8. The molecule has 0 bridgehead atoms. The molecule has 21 heteroatoms. The van der Waals surface area contributed by atoms with Crippen LogP contribution in [0.5, 0.6) is 17.2 Å². The van der Waals surface area contributed by atoms with Crippen molar-refractivity contribution in [3.8, 4) is 49.0 Å². The number of hydrogen-bond donors (Lipinski definition) is 1. The molecule has 472 valence electrons. The molecule has 0 unspecified atom stereocenters. The van der Waals surface area contributed by atoms with Gasteiger partial charge in [-0.2, -0.15) is 0 Å². The van der Waals surface area contributed by atoms with Gasteiger partial charge in [-0.15, -0.1) is 45.6 Å². The van der Waals surface area contributed by atoms with Crippen molar-refractivity contribution in [1.82, 2.24) is 39.5 Å². The molecule has 5 aliphatic heterocycles. The summed E-state index contributed by atoms with van der Waals surface area (Å²) in [4.78, 5) is 75.6. The summed E-state index contributed by atoms with van der Waals surface area (Å²) >= 11 is 10.7. The van der Waals surface area contributed by atoms with Crippen LogP contribution in [-0.4, -0.2) is 158 Å². The highest BCUT2D eigenvalue weighted by molar-refractivity contribution is 7.15. The smallest absolute Gasteiger partial charge is 0.323 e. The lowest BCUT2D eigenvalue weighted by Gasteiger charge is -2.24. The molecular weight excluding hydrogens is 1200 g/mol. The Labute approximate surface area is 539 Å². The number of carbonyl (C=O) groups excluding carboxylic acids is 4. The minimum Gasteiger partial charge on any atom is -0.494 e. The Bertz CT molecular complexity index is 3440. The van der Waals surface area contributed by atoms with Crippen LogP contribution < -0.4 is 14.2 Å². The number of rotatable bonds is 21. The van der Waals surface area contributed by atoms with E-state index in [4.69, 9.17) is 45.5 Å².